The number of hydrogen-bond donors (Lipinski definition) is 3. The zero-order valence-electron chi connectivity index (χ0n) is 10.4. The van der Waals surface area contributed by atoms with Crippen molar-refractivity contribution in [2.24, 2.45) is 5.73 Å². The number of amides is 3. The fourth-order valence-corrected chi connectivity index (χ4v) is 1.55. The smallest absolute Gasteiger partial charge is 0.319 e. The number of furan rings is 1. The van der Waals surface area contributed by atoms with Crippen LogP contribution in [0.3, 0.4) is 0 Å². The summed E-state index contributed by atoms with van der Waals surface area (Å²) in [4.78, 5) is 22.6. The Morgan fingerprint density at radius 1 is 1.30 bits per heavy atom. The largest absolute Gasteiger partial charge is 0.467 e. The Hall–Kier alpha value is -2.83. The monoisotopic (exact) mass is 277 g/mol. The fourth-order valence-electron chi connectivity index (χ4n) is 1.55. The van der Waals surface area contributed by atoms with E-state index in [1.165, 1.54) is 18.4 Å². The maximum Gasteiger partial charge on any atom is 0.319 e. The minimum absolute atomic E-state index is 0.211. The molecule has 0 fully saturated rings. The van der Waals surface area contributed by atoms with Crippen molar-refractivity contribution in [1.29, 1.82) is 0 Å². The number of hydrogen-bond acceptors (Lipinski definition) is 3. The van der Waals surface area contributed by atoms with E-state index in [1.54, 1.807) is 12.1 Å². The van der Waals surface area contributed by atoms with Gasteiger partial charge in [0, 0.05) is 5.69 Å². The topological polar surface area (TPSA) is 97.4 Å². The Kier molecular flexibility index (Phi) is 3.99. The molecule has 6 nitrogen and oxygen atoms in total. The first-order valence-corrected chi connectivity index (χ1v) is 5.73. The van der Waals surface area contributed by atoms with Gasteiger partial charge in [0.2, 0.25) is 0 Å². The molecule has 2 aromatic rings. The standard InChI is InChI=1S/C13H12FN3O3/c14-11-4-3-8(6-10(11)12(15)18)17-13(19)16-7-9-2-1-5-20-9/h1-6H,7H2,(H2,15,18)(H2,16,17,19). The normalized spacial score (nSPS) is 10.1. The molecule has 0 radical (unpaired) electrons. The Bertz CT molecular complexity index is 626. The van der Waals surface area contributed by atoms with Gasteiger partial charge in [0.1, 0.15) is 11.6 Å². The van der Waals surface area contributed by atoms with Crippen LogP contribution in [0.5, 0.6) is 0 Å². The Labute approximate surface area is 113 Å². The fraction of sp³-hybridized carbons (Fsp3) is 0.0769. The van der Waals surface area contributed by atoms with Crippen molar-refractivity contribution in [3.63, 3.8) is 0 Å². The molecule has 0 aliphatic carbocycles. The molecule has 0 bridgehead atoms. The van der Waals surface area contributed by atoms with Crippen LogP contribution < -0.4 is 16.4 Å². The molecule has 20 heavy (non-hydrogen) atoms. The predicted octanol–water partition coefficient (Wildman–Crippen LogP) is 1.84. The van der Waals surface area contributed by atoms with Gasteiger partial charge in [0.05, 0.1) is 18.4 Å². The van der Waals surface area contributed by atoms with Crippen LogP contribution in [0.15, 0.2) is 41.0 Å². The number of urea groups is 1. The van der Waals surface area contributed by atoms with E-state index < -0.39 is 17.8 Å². The van der Waals surface area contributed by atoms with Crippen LogP contribution in [-0.2, 0) is 6.54 Å². The van der Waals surface area contributed by atoms with Gasteiger partial charge in [-0.2, -0.15) is 0 Å². The molecule has 0 aliphatic rings. The second-order valence-electron chi connectivity index (χ2n) is 3.95. The van der Waals surface area contributed by atoms with Crippen LogP contribution in [0.25, 0.3) is 0 Å². The van der Waals surface area contributed by atoms with Crippen LogP contribution in [0, 0.1) is 5.82 Å². The number of nitrogens with two attached hydrogens (primary N) is 1. The zero-order chi connectivity index (χ0) is 14.5. The molecule has 0 aliphatic heterocycles. The molecule has 1 aromatic heterocycles. The number of anilines is 1. The summed E-state index contributed by atoms with van der Waals surface area (Å²) in [5.74, 6) is -1.04. The number of rotatable bonds is 4. The van der Waals surface area contributed by atoms with E-state index in [0.29, 0.717) is 5.76 Å². The SMILES string of the molecule is NC(=O)c1cc(NC(=O)NCc2ccco2)ccc1F. The second kappa shape index (κ2) is 5.87. The molecule has 0 spiro atoms. The van der Waals surface area contributed by atoms with Crippen LogP contribution in [0.4, 0.5) is 14.9 Å². The number of carbonyl (C=O) groups is 2. The van der Waals surface area contributed by atoms with E-state index in [0.717, 1.165) is 6.07 Å². The third kappa shape index (κ3) is 3.35. The number of primary amides is 1. The molecule has 1 heterocycles. The third-order valence-electron chi connectivity index (χ3n) is 2.49. The maximum atomic E-state index is 13.3. The van der Waals surface area contributed by atoms with Gasteiger partial charge in [-0.15, -0.1) is 0 Å². The number of carbonyl (C=O) groups excluding carboxylic acids is 2. The average Bonchev–Trinajstić information content (AvgIpc) is 2.91. The summed E-state index contributed by atoms with van der Waals surface area (Å²) in [6.45, 7) is 0.211. The molecule has 104 valence electrons. The summed E-state index contributed by atoms with van der Waals surface area (Å²) < 4.78 is 18.3. The highest BCUT2D eigenvalue weighted by Crippen LogP contribution is 2.14. The molecule has 2 rings (SSSR count). The lowest BCUT2D eigenvalue weighted by Crippen LogP contribution is -2.28. The summed E-state index contributed by atoms with van der Waals surface area (Å²) in [6, 6.07) is 6.46. The first kappa shape index (κ1) is 13.6. The number of nitrogens with one attached hydrogen (secondary N) is 2. The van der Waals surface area contributed by atoms with E-state index in [9.17, 15) is 14.0 Å². The molecule has 7 heteroatoms. The molecule has 1 aromatic carbocycles. The van der Waals surface area contributed by atoms with Gasteiger partial charge in [0.15, 0.2) is 0 Å². The quantitative estimate of drug-likeness (QED) is 0.795. The Balaban J connectivity index is 1.97. The molecule has 0 saturated carbocycles. The van der Waals surface area contributed by atoms with Gasteiger partial charge in [-0.25, -0.2) is 9.18 Å². The Morgan fingerprint density at radius 3 is 2.75 bits per heavy atom. The molecule has 0 atom stereocenters. The molecule has 0 saturated heterocycles. The van der Waals surface area contributed by atoms with E-state index in [2.05, 4.69) is 10.6 Å². The van der Waals surface area contributed by atoms with Crippen molar-refractivity contribution < 1.29 is 18.4 Å². The highest BCUT2D eigenvalue weighted by atomic mass is 19.1. The first-order chi connectivity index (χ1) is 9.56. The minimum Gasteiger partial charge on any atom is -0.467 e. The molecular formula is C13H12FN3O3. The molecule has 3 amide bonds. The van der Waals surface area contributed by atoms with Gasteiger partial charge in [-0.05, 0) is 30.3 Å². The second-order valence-corrected chi connectivity index (χ2v) is 3.95. The summed E-state index contributed by atoms with van der Waals surface area (Å²) in [5.41, 5.74) is 5.00. The van der Waals surface area contributed by atoms with Gasteiger partial charge in [0.25, 0.3) is 5.91 Å². The van der Waals surface area contributed by atoms with Crippen LogP contribution in [0.2, 0.25) is 0 Å². The van der Waals surface area contributed by atoms with Crippen molar-refractivity contribution >= 4 is 17.6 Å². The number of benzene rings is 1. The molecule has 4 N–H and O–H groups in total. The first-order valence-electron chi connectivity index (χ1n) is 5.73. The van der Waals surface area contributed by atoms with Gasteiger partial charge in [-0.1, -0.05) is 0 Å². The lowest BCUT2D eigenvalue weighted by Gasteiger charge is -2.08. The molecule has 0 unspecified atom stereocenters. The van der Waals surface area contributed by atoms with Crippen molar-refractivity contribution in [2.45, 2.75) is 6.54 Å². The lowest BCUT2D eigenvalue weighted by molar-refractivity contribution is 0.0996. The highest BCUT2D eigenvalue weighted by Gasteiger charge is 2.10. The van der Waals surface area contributed by atoms with E-state index in [1.807, 2.05) is 0 Å². The van der Waals surface area contributed by atoms with E-state index in [4.69, 9.17) is 10.2 Å². The van der Waals surface area contributed by atoms with Crippen molar-refractivity contribution in [3.8, 4) is 0 Å². The number of halogens is 1. The average molecular weight is 277 g/mol. The van der Waals surface area contributed by atoms with Crippen molar-refractivity contribution in [2.75, 3.05) is 5.32 Å². The van der Waals surface area contributed by atoms with Crippen LogP contribution >= 0.6 is 0 Å². The summed E-state index contributed by atoms with van der Waals surface area (Å²) in [5, 5.41) is 5.00. The molecular weight excluding hydrogens is 265 g/mol. The lowest BCUT2D eigenvalue weighted by atomic mass is 10.2. The zero-order valence-corrected chi connectivity index (χ0v) is 10.4. The summed E-state index contributed by atoms with van der Waals surface area (Å²) in [6.07, 6.45) is 1.49. The van der Waals surface area contributed by atoms with E-state index in [-0.39, 0.29) is 17.8 Å². The third-order valence-corrected chi connectivity index (χ3v) is 2.49. The van der Waals surface area contributed by atoms with Gasteiger partial charge >= 0.3 is 6.03 Å². The van der Waals surface area contributed by atoms with Gasteiger partial charge in [-0.3, -0.25) is 4.79 Å². The predicted molar refractivity (Wildman–Crippen MR) is 69.5 cm³/mol. The highest BCUT2D eigenvalue weighted by molar-refractivity contribution is 5.96. The maximum absolute atomic E-state index is 13.3. The van der Waals surface area contributed by atoms with Crippen LogP contribution in [0.1, 0.15) is 16.1 Å². The summed E-state index contributed by atoms with van der Waals surface area (Å²) >= 11 is 0. The van der Waals surface area contributed by atoms with E-state index >= 15 is 0 Å². The van der Waals surface area contributed by atoms with Crippen molar-refractivity contribution in [1.82, 2.24) is 5.32 Å². The van der Waals surface area contributed by atoms with Gasteiger partial charge < -0.3 is 20.8 Å². The summed E-state index contributed by atoms with van der Waals surface area (Å²) in [7, 11) is 0. The minimum atomic E-state index is -0.901. The van der Waals surface area contributed by atoms with Crippen molar-refractivity contribution in [3.05, 3.63) is 53.7 Å². The Morgan fingerprint density at radius 2 is 2.10 bits per heavy atom. The van der Waals surface area contributed by atoms with Crippen LogP contribution in [-0.4, -0.2) is 11.9 Å².